The molecule has 128 valence electrons. The van der Waals surface area contributed by atoms with Gasteiger partial charge in [-0.05, 0) is 36.6 Å². The lowest BCUT2D eigenvalue weighted by atomic mass is 10.1. The van der Waals surface area contributed by atoms with Crippen molar-refractivity contribution >= 4 is 11.8 Å². The minimum Gasteiger partial charge on any atom is -0.497 e. The third-order valence-electron chi connectivity index (χ3n) is 3.41. The first kappa shape index (κ1) is 18.8. The van der Waals surface area contributed by atoms with Gasteiger partial charge >= 0.3 is 0 Å². The van der Waals surface area contributed by atoms with Crippen molar-refractivity contribution in [1.82, 2.24) is 10.6 Å². The monoisotopic (exact) mass is 322 g/mol. The molecule has 0 radical (unpaired) electrons. The first-order valence-corrected chi connectivity index (χ1v) is 7.85. The van der Waals surface area contributed by atoms with Crippen molar-refractivity contribution in [3.63, 3.8) is 0 Å². The molecule has 0 bridgehead atoms. The lowest BCUT2D eigenvalue weighted by molar-refractivity contribution is -0.126. The van der Waals surface area contributed by atoms with Crippen molar-refractivity contribution in [3.05, 3.63) is 23.8 Å². The Hall–Kier alpha value is -2.24. The second-order valence-corrected chi connectivity index (χ2v) is 5.16. The molecule has 0 aromatic heterocycles. The SMILES string of the molecule is CCCCC(=O)NCC(=O)NCCc1cc(OC)ccc1OC. The summed E-state index contributed by atoms with van der Waals surface area (Å²) in [6.45, 7) is 2.50. The number of benzene rings is 1. The molecule has 0 aliphatic heterocycles. The minimum atomic E-state index is -0.197. The molecule has 0 spiro atoms. The van der Waals surface area contributed by atoms with E-state index in [2.05, 4.69) is 10.6 Å². The molecule has 0 aliphatic rings. The van der Waals surface area contributed by atoms with Crippen molar-refractivity contribution in [1.29, 1.82) is 0 Å². The molecule has 0 fully saturated rings. The highest BCUT2D eigenvalue weighted by Gasteiger charge is 2.07. The van der Waals surface area contributed by atoms with Crippen LogP contribution in [0.15, 0.2) is 18.2 Å². The highest BCUT2D eigenvalue weighted by molar-refractivity contribution is 5.84. The van der Waals surface area contributed by atoms with Crippen LogP contribution in [0.25, 0.3) is 0 Å². The molecule has 2 N–H and O–H groups in total. The van der Waals surface area contributed by atoms with Gasteiger partial charge in [0.1, 0.15) is 11.5 Å². The van der Waals surface area contributed by atoms with E-state index in [0.717, 1.165) is 29.9 Å². The molecule has 0 saturated heterocycles. The van der Waals surface area contributed by atoms with Gasteiger partial charge in [0.05, 0.1) is 20.8 Å². The molecule has 6 nitrogen and oxygen atoms in total. The number of hydrogen-bond donors (Lipinski definition) is 2. The molecule has 1 aromatic rings. The molecule has 0 unspecified atom stereocenters. The minimum absolute atomic E-state index is 0.0117. The highest BCUT2D eigenvalue weighted by atomic mass is 16.5. The Bertz CT molecular complexity index is 517. The van der Waals surface area contributed by atoms with Gasteiger partial charge in [0.25, 0.3) is 0 Å². The third kappa shape index (κ3) is 7.04. The fourth-order valence-electron chi connectivity index (χ4n) is 2.08. The smallest absolute Gasteiger partial charge is 0.239 e. The third-order valence-corrected chi connectivity index (χ3v) is 3.41. The Morgan fingerprint density at radius 2 is 1.87 bits per heavy atom. The lowest BCUT2D eigenvalue weighted by Gasteiger charge is -2.11. The van der Waals surface area contributed by atoms with Gasteiger partial charge in [-0.15, -0.1) is 0 Å². The molecule has 2 amide bonds. The van der Waals surface area contributed by atoms with E-state index < -0.39 is 0 Å². The van der Waals surface area contributed by atoms with Gasteiger partial charge < -0.3 is 20.1 Å². The summed E-state index contributed by atoms with van der Waals surface area (Å²) in [6.07, 6.45) is 2.88. The molecule has 6 heteroatoms. The number of nitrogens with one attached hydrogen (secondary N) is 2. The second kappa shape index (κ2) is 10.5. The largest absolute Gasteiger partial charge is 0.497 e. The molecule has 0 atom stereocenters. The maximum absolute atomic E-state index is 11.7. The topological polar surface area (TPSA) is 76.7 Å². The van der Waals surface area contributed by atoms with Crippen LogP contribution in [0.1, 0.15) is 31.7 Å². The van der Waals surface area contributed by atoms with E-state index in [4.69, 9.17) is 9.47 Å². The predicted octanol–water partition coefficient (Wildman–Crippen LogP) is 1.67. The fourth-order valence-corrected chi connectivity index (χ4v) is 2.08. The summed E-state index contributed by atoms with van der Waals surface area (Å²) < 4.78 is 10.5. The molecule has 0 aliphatic carbocycles. The molecule has 0 saturated carbocycles. The van der Waals surface area contributed by atoms with Crippen LogP contribution in [0, 0.1) is 0 Å². The Kier molecular flexibility index (Phi) is 8.57. The number of carbonyl (C=O) groups excluding carboxylic acids is 2. The quantitative estimate of drug-likeness (QED) is 0.687. The number of methoxy groups -OCH3 is 2. The first-order chi connectivity index (χ1) is 11.1. The molecule has 1 aromatic carbocycles. The maximum atomic E-state index is 11.7. The van der Waals surface area contributed by atoms with Crippen LogP contribution in [0.4, 0.5) is 0 Å². The van der Waals surface area contributed by atoms with Gasteiger partial charge in [-0.1, -0.05) is 13.3 Å². The zero-order chi connectivity index (χ0) is 17.1. The Labute approximate surface area is 137 Å². The highest BCUT2D eigenvalue weighted by Crippen LogP contribution is 2.23. The number of hydrogen-bond acceptors (Lipinski definition) is 4. The molecule has 1 rings (SSSR count). The van der Waals surface area contributed by atoms with Crippen molar-refractivity contribution in [2.75, 3.05) is 27.3 Å². The van der Waals surface area contributed by atoms with E-state index in [9.17, 15) is 9.59 Å². The molecular weight excluding hydrogens is 296 g/mol. The van der Waals surface area contributed by atoms with Crippen LogP contribution >= 0.6 is 0 Å². The maximum Gasteiger partial charge on any atom is 0.239 e. The van der Waals surface area contributed by atoms with Crippen LogP contribution in [0.3, 0.4) is 0 Å². The standard InChI is InChI=1S/C17H26N2O4/c1-4-5-6-16(20)19-12-17(21)18-10-9-13-11-14(22-2)7-8-15(13)23-3/h7-8,11H,4-6,9-10,12H2,1-3H3,(H,18,21)(H,19,20). The van der Waals surface area contributed by atoms with Crippen LogP contribution in [0.5, 0.6) is 11.5 Å². The molecule has 0 heterocycles. The average molecular weight is 322 g/mol. The van der Waals surface area contributed by atoms with Gasteiger partial charge in [-0.25, -0.2) is 0 Å². The van der Waals surface area contributed by atoms with E-state index in [0.29, 0.717) is 19.4 Å². The van der Waals surface area contributed by atoms with E-state index in [1.807, 2.05) is 25.1 Å². The number of carbonyl (C=O) groups is 2. The van der Waals surface area contributed by atoms with Crippen LogP contribution in [-0.4, -0.2) is 39.1 Å². The Balaban J connectivity index is 2.36. The van der Waals surface area contributed by atoms with Crippen molar-refractivity contribution in [2.45, 2.75) is 32.6 Å². The molecule has 23 heavy (non-hydrogen) atoms. The average Bonchev–Trinajstić information content (AvgIpc) is 2.57. The van der Waals surface area contributed by atoms with Gasteiger partial charge in [0.2, 0.25) is 11.8 Å². The van der Waals surface area contributed by atoms with Crippen molar-refractivity contribution in [3.8, 4) is 11.5 Å². The van der Waals surface area contributed by atoms with Crippen LogP contribution in [0.2, 0.25) is 0 Å². The number of rotatable bonds is 10. The van der Waals surface area contributed by atoms with Gasteiger partial charge in [-0.2, -0.15) is 0 Å². The summed E-state index contributed by atoms with van der Waals surface area (Å²) in [5.74, 6) is 1.22. The normalized spacial score (nSPS) is 10.0. The summed E-state index contributed by atoms with van der Waals surface area (Å²) in [5.41, 5.74) is 0.958. The van der Waals surface area contributed by atoms with Crippen molar-refractivity contribution < 1.29 is 19.1 Å². The van der Waals surface area contributed by atoms with Crippen LogP contribution < -0.4 is 20.1 Å². The zero-order valence-electron chi connectivity index (χ0n) is 14.1. The molecular formula is C17H26N2O4. The second-order valence-electron chi connectivity index (χ2n) is 5.16. The van der Waals surface area contributed by atoms with E-state index in [1.165, 1.54) is 0 Å². The fraction of sp³-hybridized carbons (Fsp3) is 0.529. The van der Waals surface area contributed by atoms with E-state index >= 15 is 0 Å². The van der Waals surface area contributed by atoms with Crippen molar-refractivity contribution in [2.24, 2.45) is 0 Å². The zero-order valence-corrected chi connectivity index (χ0v) is 14.1. The van der Waals surface area contributed by atoms with Gasteiger partial charge in [0.15, 0.2) is 0 Å². The Morgan fingerprint density at radius 3 is 2.52 bits per heavy atom. The van der Waals surface area contributed by atoms with E-state index in [-0.39, 0.29) is 18.4 Å². The Morgan fingerprint density at radius 1 is 1.09 bits per heavy atom. The summed E-state index contributed by atoms with van der Waals surface area (Å²) in [4.78, 5) is 23.1. The summed E-state index contributed by atoms with van der Waals surface area (Å²) in [6, 6.07) is 5.55. The van der Waals surface area contributed by atoms with Gasteiger partial charge in [-0.3, -0.25) is 9.59 Å². The number of amides is 2. The predicted molar refractivity (Wildman–Crippen MR) is 88.8 cm³/mol. The first-order valence-electron chi connectivity index (χ1n) is 7.85. The number of unbranched alkanes of at least 4 members (excludes halogenated alkanes) is 1. The summed E-state index contributed by atoms with van der Waals surface area (Å²) >= 11 is 0. The summed E-state index contributed by atoms with van der Waals surface area (Å²) in [7, 11) is 3.21. The van der Waals surface area contributed by atoms with Crippen LogP contribution in [-0.2, 0) is 16.0 Å². The van der Waals surface area contributed by atoms with Gasteiger partial charge in [0, 0.05) is 13.0 Å². The number of ether oxygens (including phenoxy) is 2. The lowest BCUT2D eigenvalue weighted by Crippen LogP contribution is -2.37. The van der Waals surface area contributed by atoms with E-state index in [1.54, 1.807) is 14.2 Å². The summed E-state index contributed by atoms with van der Waals surface area (Å²) in [5, 5.41) is 5.39.